The molecule has 0 bridgehead atoms. The van der Waals surface area contributed by atoms with Gasteiger partial charge in [0.25, 0.3) is 0 Å². The smallest absolute Gasteiger partial charge is 0.120 e. The Balaban J connectivity index is 2.37. The second kappa shape index (κ2) is 4.15. The molecule has 0 saturated heterocycles. The molecule has 0 heterocycles. The van der Waals surface area contributed by atoms with Crippen LogP contribution in [0.25, 0.3) is 0 Å². The van der Waals surface area contributed by atoms with Gasteiger partial charge in [-0.2, -0.15) is 0 Å². The van der Waals surface area contributed by atoms with Crippen molar-refractivity contribution < 1.29 is 5.11 Å². The van der Waals surface area contributed by atoms with E-state index in [2.05, 4.69) is 0 Å². The van der Waals surface area contributed by atoms with E-state index in [1.54, 1.807) is 12.1 Å². The first-order chi connectivity index (χ1) is 7.29. The summed E-state index contributed by atoms with van der Waals surface area (Å²) in [6.45, 7) is 0. The summed E-state index contributed by atoms with van der Waals surface area (Å²) < 4.78 is 0. The Morgan fingerprint density at radius 2 is 1.47 bits per heavy atom. The molecule has 1 unspecified atom stereocenters. The van der Waals surface area contributed by atoms with E-state index in [1.165, 1.54) is 0 Å². The fourth-order valence-electron chi connectivity index (χ4n) is 1.59. The molecule has 2 aromatic rings. The highest BCUT2D eigenvalue weighted by Gasteiger charge is 2.11. The zero-order chi connectivity index (χ0) is 10.7. The van der Waals surface area contributed by atoms with Gasteiger partial charge in [-0.1, -0.05) is 48.5 Å². The number of benzene rings is 2. The summed E-state index contributed by atoms with van der Waals surface area (Å²) in [5, 5.41) is 9.66. The first-order valence-corrected chi connectivity index (χ1v) is 4.87. The molecule has 2 aromatic carbocycles. The number of para-hydroxylation sites is 1. The molecule has 76 valence electrons. The normalized spacial score (nSPS) is 12.3. The molecule has 1 atom stereocenters. The SMILES string of the molecule is NC(c1ccccc1)c1ccccc1O. The highest BCUT2D eigenvalue weighted by molar-refractivity contribution is 5.40. The van der Waals surface area contributed by atoms with Crippen molar-refractivity contribution in [2.24, 2.45) is 5.73 Å². The Bertz CT molecular complexity index is 439. The first kappa shape index (κ1) is 9.74. The average Bonchev–Trinajstić information content (AvgIpc) is 2.30. The number of hydrogen-bond donors (Lipinski definition) is 2. The van der Waals surface area contributed by atoms with E-state index in [-0.39, 0.29) is 11.8 Å². The molecule has 0 aliphatic rings. The van der Waals surface area contributed by atoms with Crippen LogP contribution in [0.15, 0.2) is 54.6 Å². The average molecular weight is 199 g/mol. The third kappa shape index (κ3) is 2.00. The molecule has 2 nitrogen and oxygen atoms in total. The van der Waals surface area contributed by atoms with Gasteiger partial charge in [-0.3, -0.25) is 0 Å². The molecule has 0 aliphatic heterocycles. The molecule has 0 radical (unpaired) electrons. The Morgan fingerprint density at radius 1 is 0.867 bits per heavy atom. The van der Waals surface area contributed by atoms with E-state index in [9.17, 15) is 5.11 Å². The van der Waals surface area contributed by atoms with Gasteiger partial charge in [0.05, 0.1) is 6.04 Å². The summed E-state index contributed by atoms with van der Waals surface area (Å²) in [6.07, 6.45) is 0. The highest BCUT2D eigenvalue weighted by atomic mass is 16.3. The number of rotatable bonds is 2. The van der Waals surface area contributed by atoms with Crippen molar-refractivity contribution in [3.8, 4) is 5.75 Å². The lowest BCUT2D eigenvalue weighted by Crippen LogP contribution is -2.11. The van der Waals surface area contributed by atoms with Crippen molar-refractivity contribution in [2.75, 3.05) is 0 Å². The monoisotopic (exact) mass is 199 g/mol. The minimum absolute atomic E-state index is 0.244. The van der Waals surface area contributed by atoms with Gasteiger partial charge in [-0.15, -0.1) is 0 Å². The minimum atomic E-state index is -0.271. The number of phenolic OH excluding ortho intramolecular Hbond substituents is 1. The predicted octanol–water partition coefficient (Wildman–Crippen LogP) is 2.44. The van der Waals surface area contributed by atoms with Crippen LogP contribution in [0.1, 0.15) is 17.2 Å². The molecule has 0 saturated carbocycles. The lowest BCUT2D eigenvalue weighted by atomic mass is 9.99. The lowest BCUT2D eigenvalue weighted by molar-refractivity contribution is 0.465. The van der Waals surface area contributed by atoms with Crippen LogP contribution in [0, 0.1) is 0 Å². The first-order valence-electron chi connectivity index (χ1n) is 4.87. The van der Waals surface area contributed by atoms with E-state index in [1.807, 2.05) is 42.5 Å². The van der Waals surface area contributed by atoms with Crippen molar-refractivity contribution in [2.45, 2.75) is 6.04 Å². The van der Waals surface area contributed by atoms with E-state index >= 15 is 0 Å². The molecule has 0 amide bonds. The van der Waals surface area contributed by atoms with E-state index in [0.717, 1.165) is 11.1 Å². The Kier molecular flexibility index (Phi) is 2.70. The zero-order valence-corrected chi connectivity index (χ0v) is 8.30. The van der Waals surface area contributed by atoms with Gasteiger partial charge < -0.3 is 10.8 Å². The van der Waals surface area contributed by atoms with Gasteiger partial charge in [0.1, 0.15) is 5.75 Å². The van der Waals surface area contributed by atoms with Crippen molar-refractivity contribution >= 4 is 0 Å². The second-order valence-corrected chi connectivity index (χ2v) is 3.45. The predicted molar refractivity (Wildman–Crippen MR) is 60.6 cm³/mol. The number of aromatic hydroxyl groups is 1. The topological polar surface area (TPSA) is 46.2 Å². The molecule has 0 spiro atoms. The molecule has 2 rings (SSSR count). The maximum atomic E-state index is 9.66. The van der Waals surface area contributed by atoms with Gasteiger partial charge in [-0.05, 0) is 11.6 Å². The fourth-order valence-corrected chi connectivity index (χ4v) is 1.59. The summed E-state index contributed by atoms with van der Waals surface area (Å²) in [4.78, 5) is 0. The molecular weight excluding hydrogens is 186 g/mol. The van der Waals surface area contributed by atoms with Crippen LogP contribution in [-0.4, -0.2) is 5.11 Å². The van der Waals surface area contributed by atoms with Crippen molar-refractivity contribution in [1.82, 2.24) is 0 Å². The van der Waals surface area contributed by atoms with Crippen LogP contribution in [0.3, 0.4) is 0 Å². The van der Waals surface area contributed by atoms with Crippen LogP contribution in [-0.2, 0) is 0 Å². The number of phenols is 1. The van der Waals surface area contributed by atoms with E-state index in [4.69, 9.17) is 5.73 Å². The fraction of sp³-hybridized carbons (Fsp3) is 0.0769. The van der Waals surface area contributed by atoms with Crippen LogP contribution in [0.2, 0.25) is 0 Å². The van der Waals surface area contributed by atoms with Gasteiger partial charge in [0.2, 0.25) is 0 Å². The largest absolute Gasteiger partial charge is 0.508 e. The third-order valence-corrected chi connectivity index (χ3v) is 2.43. The van der Waals surface area contributed by atoms with Gasteiger partial charge in [0, 0.05) is 5.56 Å². The van der Waals surface area contributed by atoms with Crippen LogP contribution >= 0.6 is 0 Å². The maximum absolute atomic E-state index is 9.66. The van der Waals surface area contributed by atoms with E-state index < -0.39 is 0 Å². The quantitative estimate of drug-likeness (QED) is 0.780. The third-order valence-electron chi connectivity index (χ3n) is 2.43. The Morgan fingerprint density at radius 3 is 2.13 bits per heavy atom. The minimum Gasteiger partial charge on any atom is -0.508 e. The molecule has 15 heavy (non-hydrogen) atoms. The lowest BCUT2D eigenvalue weighted by Gasteiger charge is -2.13. The van der Waals surface area contributed by atoms with Gasteiger partial charge in [0.15, 0.2) is 0 Å². The number of nitrogens with two attached hydrogens (primary N) is 1. The van der Waals surface area contributed by atoms with Crippen molar-refractivity contribution in [3.63, 3.8) is 0 Å². The second-order valence-electron chi connectivity index (χ2n) is 3.45. The van der Waals surface area contributed by atoms with Crippen LogP contribution in [0.5, 0.6) is 5.75 Å². The number of hydrogen-bond acceptors (Lipinski definition) is 2. The summed E-state index contributed by atoms with van der Waals surface area (Å²) in [5.41, 5.74) is 7.81. The maximum Gasteiger partial charge on any atom is 0.120 e. The van der Waals surface area contributed by atoms with Crippen LogP contribution < -0.4 is 5.73 Å². The molecule has 0 aliphatic carbocycles. The Labute approximate surface area is 89.0 Å². The van der Waals surface area contributed by atoms with Gasteiger partial charge in [-0.25, -0.2) is 0 Å². The highest BCUT2D eigenvalue weighted by Crippen LogP contribution is 2.26. The zero-order valence-electron chi connectivity index (χ0n) is 8.30. The Hall–Kier alpha value is -1.80. The van der Waals surface area contributed by atoms with Crippen LogP contribution in [0.4, 0.5) is 0 Å². The summed E-state index contributed by atoms with van der Waals surface area (Å²) >= 11 is 0. The summed E-state index contributed by atoms with van der Waals surface area (Å²) in [5.74, 6) is 0.244. The molecule has 0 aromatic heterocycles. The molecule has 0 fully saturated rings. The molecule has 3 N–H and O–H groups in total. The van der Waals surface area contributed by atoms with Gasteiger partial charge >= 0.3 is 0 Å². The summed E-state index contributed by atoms with van der Waals surface area (Å²) in [6, 6.07) is 16.6. The molecule has 2 heteroatoms. The van der Waals surface area contributed by atoms with E-state index in [0.29, 0.717) is 0 Å². The standard InChI is InChI=1S/C13H13NO/c14-13(10-6-2-1-3-7-10)11-8-4-5-9-12(11)15/h1-9,13,15H,14H2. The summed E-state index contributed by atoms with van der Waals surface area (Å²) in [7, 11) is 0. The molecular formula is C13H13NO. The van der Waals surface area contributed by atoms with Crippen molar-refractivity contribution in [1.29, 1.82) is 0 Å². The van der Waals surface area contributed by atoms with Crippen molar-refractivity contribution in [3.05, 3.63) is 65.7 Å².